The molecular formula is C24H28N2O5. The molecular weight excluding hydrogens is 396 g/mol. The summed E-state index contributed by atoms with van der Waals surface area (Å²) in [4.78, 5) is 36.0. The third-order valence-corrected chi connectivity index (χ3v) is 5.39. The molecule has 0 radical (unpaired) electrons. The monoisotopic (exact) mass is 424 g/mol. The van der Waals surface area contributed by atoms with Gasteiger partial charge in [0.15, 0.2) is 0 Å². The molecule has 7 nitrogen and oxygen atoms in total. The summed E-state index contributed by atoms with van der Waals surface area (Å²) < 4.78 is 5.51. The van der Waals surface area contributed by atoms with E-state index in [-0.39, 0.29) is 18.4 Å². The number of alkyl carbamates (subject to hydrolysis) is 1. The first-order chi connectivity index (χ1) is 14.8. The lowest BCUT2D eigenvalue weighted by Crippen LogP contribution is -2.51. The van der Waals surface area contributed by atoms with E-state index in [0.717, 1.165) is 22.3 Å². The second-order valence-corrected chi connectivity index (χ2v) is 8.22. The van der Waals surface area contributed by atoms with Crippen molar-refractivity contribution < 1.29 is 24.2 Å². The molecule has 31 heavy (non-hydrogen) atoms. The van der Waals surface area contributed by atoms with Gasteiger partial charge in [-0.3, -0.25) is 9.59 Å². The zero-order valence-electron chi connectivity index (χ0n) is 17.9. The largest absolute Gasteiger partial charge is 0.480 e. The number of amides is 2. The van der Waals surface area contributed by atoms with Gasteiger partial charge in [0.25, 0.3) is 0 Å². The van der Waals surface area contributed by atoms with Crippen LogP contribution in [-0.4, -0.2) is 41.8 Å². The summed E-state index contributed by atoms with van der Waals surface area (Å²) in [7, 11) is 0. The van der Waals surface area contributed by atoms with E-state index in [2.05, 4.69) is 22.8 Å². The molecule has 0 saturated carbocycles. The maximum Gasteiger partial charge on any atom is 0.407 e. The smallest absolute Gasteiger partial charge is 0.407 e. The quantitative estimate of drug-likeness (QED) is 0.601. The molecule has 0 aliphatic heterocycles. The van der Waals surface area contributed by atoms with Crippen LogP contribution in [0.3, 0.4) is 0 Å². The summed E-state index contributed by atoms with van der Waals surface area (Å²) >= 11 is 0. The van der Waals surface area contributed by atoms with Crippen molar-refractivity contribution in [2.45, 2.75) is 45.2 Å². The highest BCUT2D eigenvalue weighted by atomic mass is 16.5. The topological polar surface area (TPSA) is 105 Å². The fraction of sp³-hybridized carbons (Fsp3) is 0.375. The molecule has 3 N–H and O–H groups in total. The Hall–Kier alpha value is -3.35. The van der Waals surface area contributed by atoms with Gasteiger partial charge < -0.3 is 20.5 Å². The van der Waals surface area contributed by atoms with Crippen molar-refractivity contribution in [2.75, 3.05) is 6.61 Å². The molecule has 2 aromatic carbocycles. The van der Waals surface area contributed by atoms with E-state index in [1.54, 1.807) is 0 Å². The molecule has 164 valence electrons. The van der Waals surface area contributed by atoms with Crippen LogP contribution in [0.2, 0.25) is 0 Å². The van der Waals surface area contributed by atoms with Crippen molar-refractivity contribution in [3.8, 4) is 11.1 Å². The zero-order chi connectivity index (χ0) is 22.5. The SMILES string of the molecule is CC(C)C[C@@H](NC(=O)OCC1c2ccccc2-c2ccccc21)C(=O)N[C@H](C)C(=O)O. The summed E-state index contributed by atoms with van der Waals surface area (Å²) in [5.74, 6) is -1.65. The number of aliphatic carboxylic acids is 1. The van der Waals surface area contributed by atoms with Crippen molar-refractivity contribution in [3.63, 3.8) is 0 Å². The van der Waals surface area contributed by atoms with Crippen LogP contribution in [0.1, 0.15) is 44.2 Å². The fourth-order valence-corrected chi connectivity index (χ4v) is 3.86. The fourth-order valence-electron chi connectivity index (χ4n) is 3.86. The Labute approximate surface area is 181 Å². The minimum Gasteiger partial charge on any atom is -0.480 e. The molecule has 3 rings (SSSR count). The standard InChI is InChI=1S/C24H28N2O5/c1-14(2)12-21(22(27)25-15(3)23(28)29)26-24(30)31-13-20-18-10-6-4-8-16(18)17-9-5-7-11-19(17)20/h4-11,14-15,20-21H,12-13H2,1-3H3,(H,25,27)(H,26,30)(H,28,29)/t15-,21-/m1/s1. The summed E-state index contributed by atoms with van der Waals surface area (Å²) in [6, 6.07) is 14.1. The number of carboxylic acids is 1. The van der Waals surface area contributed by atoms with E-state index in [0.29, 0.717) is 6.42 Å². The normalized spacial score (nSPS) is 14.3. The Balaban J connectivity index is 1.66. The average Bonchev–Trinajstić information content (AvgIpc) is 3.05. The molecule has 0 fully saturated rings. The lowest BCUT2D eigenvalue weighted by atomic mass is 9.98. The summed E-state index contributed by atoms with van der Waals surface area (Å²) in [6.45, 7) is 5.35. The van der Waals surface area contributed by atoms with E-state index in [4.69, 9.17) is 9.84 Å². The first-order valence-electron chi connectivity index (χ1n) is 10.4. The Morgan fingerprint density at radius 3 is 2.00 bits per heavy atom. The lowest BCUT2D eigenvalue weighted by molar-refractivity contribution is -0.141. The third kappa shape index (κ3) is 5.23. The second-order valence-electron chi connectivity index (χ2n) is 8.22. The van der Waals surface area contributed by atoms with Crippen LogP contribution in [0.4, 0.5) is 4.79 Å². The number of nitrogens with one attached hydrogen (secondary N) is 2. The van der Waals surface area contributed by atoms with Gasteiger partial charge in [0.1, 0.15) is 18.7 Å². The maximum absolute atomic E-state index is 12.5. The van der Waals surface area contributed by atoms with Crippen molar-refractivity contribution in [1.29, 1.82) is 0 Å². The number of carboxylic acid groups (broad SMARTS) is 1. The number of carbonyl (C=O) groups excluding carboxylic acids is 2. The number of benzene rings is 2. The van der Waals surface area contributed by atoms with Gasteiger partial charge >= 0.3 is 12.1 Å². The molecule has 0 spiro atoms. The van der Waals surface area contributed by atoms with Gasteiger partial charge in [-0.25, -0.2) is 4.79 Å². The van der Waals surface area contributed by atoms with Gasteiger partial charge in [0.2, 0.25) is 5.91 Å². The van der Waals surface area contributed by atoms with Crippen LogP contribution in [0.15, 0.2) is 48.5 Å². The van der Waals surface area contributed by atoms with E-state index in [1.807, 2.05) is 50.2 Å². The summed E-state index contributed by atoms with van der Waals surface area (Å²) in [5.41, 5.74) is 4.46. The van der Waals surface area contributed by atoms with Crippen LogP contribution >= 0.6 is 0 Å². The molecule has 1 aliphatic rings. The highest BCUT2D eigenvalue weighted by Gasteiger charge is 2.30. The molecule has 1 aliphatic carbocycles. The van der Waals surface area contributed by atoms with Gasteiger partial charge in [0.05, 0.1) is 0 Å². The first-order valence-corrected chi connectivity index (χ1v) is 10.4. The van der Waals surface area contributed by atoms with Crippen LogP contribution in [0.25, 0.3) is 11.1 Å². The predicted octanol–water partition coefficient (Wildman–Crippen LogP) is 3.53. The molecule has 2 aromatic rings. The number of ether oxygens (including phenoxy) is 1. The van der Waals surface area contributed by atoms with Crippen LogP contribution < -0.4 is 10.6 Å². The highest BCUT2D eigenvalue weighted by Crippen LogP contribution is 2.44. The van der Waals surface area contributed by atoms with Crippen molar-refractivity contribution in [1.82, 2.24) is 10.6 Å². The third-order valence-electron chi connectivity index (χ3n) is 5.39. The molecule has 2 amide bonds. The second kappa shape index (κ2) is 9.64. The van der Waals surface area contributed by atoms with Crippen molar-refractivity contribution in [3.05, 3.63) is 59.7 Å². The number of hydrogen-bond acceptors (Lipinski definition) is 4. The Morgan fingerprint density at radius 2 is 1.48 bits per heavy atom. The van der Waals surface area contributed by atoms with Gasteiger partial charge in [0, 0.05) is 5.92 Å². The molecule has 0 saturated heterocycles. The number of rotatable bonds is 8. The molecule has 0 heterocycles. The Kier molecular flexibility index (Phi) is 6.95. The highest BCUT2D eigenvalue weighted by molar-refractivity contribution is 5.89. The number of fused-ring (bicyclic) bond motifs is 3. The minimum atomic E-state index is -1.14. The van der Waals surface area contributed by atoms with Crippen molar-refractivity contribution in [2.24, 2.45) is 5.92 Å². The summed E-state index contributed by atoms with van der Waals surface area (Å²) in [6.07, 6.45) is -0.340. The Morgan fingerprint density at radius 1 is 0.935 bits per heavy atom. The zero-order valence-corrected chi connectivity index (χ0v) is 17.9. The van der Waals surface area contributed by atoms with Crippen molar-refractivity contribution >= 4 is 18.0 Å². The molecule has 0 unspecified atom stereocenters. The summed E-state index contributed by atoms with van der Waals surface area (Å²) in [5, 5.41) is 14.0. The molecule has 0 aromatic heterocycles. The van der Waals surface area contributed by atoms with E-state index in [9.17, 15) is 14.4 Å². The van der Waals surface area contributed by atoms with Crippen LogP contribution in [-0.2, 0) is 14.3 Å². The van der Waals surface area contributed by atoms with Gasteiger partial charge in [-0.1, -0.05) is 62.4 Å². The molecule has 7 heteroatoms. The van der Waals surface area contributed by atoms with Crippen LogP contribution in [0, 0.1) is 5.92 Å². The molecule has 2 atom stereocenters. The average molecular weight is 424 g/mol. The number of carbonyl (C=O) groups is 3. The van der Waals surface area contributed by atoms with E-state index in [1.165, 1.54) is 6.92 Å². The lowest BCUT2D eigenvalue weighted by Gasteiger charge is -2.22. The first kappa shape index (κ1) is 22.3. The maximum atomic E-state index is 12.5. The van der Waals surface area contributed by atoms with Gasteiger partial charge in [-0.15, -0.1) is 0 Å². The predicted molar refractivity (Wildman–Crippen MR) is 117 cm³/mol. The van der Waals surface area contributed by atoms with Gasteiger partial charge in [-0.2, -0.15) is 0 Å². The Bertz CT molecular complexity index is 926. The number of hydrogen-bond donors (Lipinski definition) is 3. The molecule has 0 bridgehead atoms. The minimum absolute atomic E-state index is 0.0810. The van der Waals surface area contributed by atoms with Gasteiger partial charge in [-0.05, 0) is 41.5 Å². The van der Waals surface area contributed by atoms with Crippen LogP contribution in [0.5, 0.6) is 0 Å². The van der Waals surface area contributed by atoms with E-state index < -0.39 is 30.1 Å². The van der Waals surface area contributed by atoms with E-state index >= 15 is 0 Å².